The zero-order valence-electron chi connectivity index (χ0n) is 21.9. The second kappa shape index (κ2) is 14.9. The summed E-state index contributed by atoms with van der Waals surface area (Å²) in [6.07, 6.45) is 12.0. The molecular formula is C28H38N2O6. The Kier molecular flexibility index (Phi) is 11.9. The molecule has 0 saturated carbocycles. The summed E-state index contributed by atoms with van der Waals surface area (Å²) >= 11 is 0. The summed E-state index contributed by atoms with van der Waals surface area (Å²) in [6.45, 7) is 9.01. The Morgan fingerprint density at radius 1 is 1.06 bits per heavy atom. The van der Waals surface area contributed by atoms with E-state index < -0.39 is 10.5 Å². The van der Waals surface area contributed by atoms with E-state index in [2.05, 4.69) is 26.8 Å². The Bertz CT molecular complexity index is 1160. The van der Waals surface area contributed by atoms with Crippen molar-refractivity contribution in [2.24, 2.45) is 0 Å². The lowest BCUT2D eigenvalue weighted by molar-refractivity contribution is -0.384. The number of hydrogen-bond acceptors (Lipinski definition) is 6. The first kappa shape index (κ1) is 28.8. The number of fused-ring (bicyclic) bond motifs is 1. The topological polar surface area (TPSA) is 101 Å². The van der Waals surface area contributed by atoms with Gasteiger partial charge in [0, 0.05) is 24.1 Å². The number of carbonyl (C=O) groups is 1. The van der Waals surface area contributed by atoms with Gasteiger partial charge >= 0.3 is 0 Å². The van der Waals surface area contributed by atoms with E-state index in [0.717, 1.165) is 50.5 Å². The summed E-state index contributed by atoms with van der Waals surface area (Å²) in [7, 11) is 0. The van der Waals surface area contributed by atoms with Crippen molar-refractivity contribution in [3.63, 3.8) is 0 Å². The third-order valence-electron chi connectivity index (χ3n) is 6.03. The summed E-state index contributed by atoms with van der Waals surface area (Å²) < 4.78 is 12.5. The average Bonchev–Trinajstić information content (AvgIpc) is 2.84. The highest BCUT2D eigenvalue weighted by Gasteiger charge is 2.21. The first-order chi connectivity index (χ1) is 17.3. The van der Waals surface area contributed by atoms with Crippen LogP contribution in [0.15, 0.2) is 46.3 Å². The molecule has 2 rings (SSSR count). The van der Waals surface area contributed by atoms with Crippen LogP contribution in [0.5, 0.6) is 11.5 Å². The largest absolute Gasteiger partial charge is 0.485 e. The highest BCUT2D eigenvalue weighted by Crippen LogP contribution is 2.35. The predicted octanol–water partition coefficient (Wildman–Crippen LogP) is 6.88. The second-order valence-corrected chi connectivity index (χ2v) is 9.24. The molecule has 2 aromatic rings. The minimum Gasteiger partial charge on any atom is -0.485 e. The number of allylic oxidation sites excluding steroid dienone is 3. The van der Waals surface area contributed by atoms with E-state index in [9.17, 15) is 19.7 Å². The standard InChI is InChI=1S/C28H38N2O6/c1-5-6-7-8-9-10-17-29-25-19-23(30(33)34)14-15-24(25)26(27(28(29)32)36-20-31)35-18-16-22(4)13-11-12-21(2)3/h12,14-16,19-20H,5-11,13,17-18H2,1-4H3/b22-16+. The van der Waals surface area contributed by atoms with Crippen LogP contribution in [0, 0.1) is 10.1 Å². The van der Waals surface area contributed by atoms with Gasteiger partial charge in [-0.05, 0) is 52.2 Å². The molecule has 0 radical (unpaired) electrons. The molecule has 0 amide bonds. The zero-order valence-corrected chi connectivity index (χ0v) is 21.9. The summed E-state index contributed by atoms with van der Waals surface area (Å²) in [6, 6.07) is 4.29. The summed E-state index contributed by atoms with van der Waals surface area (Å²) in [5, 5.41) is 11.9. The Morgan fingerprint density at radius 3 is 2.44 bits per heavy atom. The van der Waals surface area contributed by atoms with Gasteiger partial charge in [-0.15, -0.1) is 0 Å². The molecular weight excluding hydrogens is 460 g/mol. The van der Waals surface area contributed by atoms with E-state index in [-0.39, 0.29) is 30.3 Å². The molecule has 36 heavy (non-hydrogen) atoms. The van der Waals surface area contributed by atoms with E-state index in [0.29, 0.717) is 17.4 Å². The van der Waals surface area contributed by atoms with E-state index >= 15 is 0 Å². The van der Waals surface area contributed by atoms with Crippen molar-refractivity contribution in [1.29, 1.82) is 0 Å². The van der Waals surface area contributed by atoms with E-state index in [1.165, 1.54) is 28.7 Å². The van der Waals surface area contributed by atoms with Gasteiger partial charge in [-0.3, -0.25) is 19.7 Å². The van der Waals surface area contributed by atoms with Gasteiger partial charge in [0.05, 0.1) is 10.4 Å². The van der Waals surface area contributed by atoms with Gasteiger partial charge < -0.3 is 14.0 Å². The fourth-order valence-electron chi connectivity index (χ4n) is 4.03. The van der Waals surface area contributed by atoms with Gasteiger partial charge in [-0.1, -0.05) is 56.3 Å². The molecule has 0 bridgehead atoms. The number of aromatic nitrogens is 1. The Balaban J connectivity index is 2.42. The maximum absolute atomic E-state index is 13.4. The first-order valence-corrected chi connectivity index (χ1v) is 12.7. The number of pyridine rings is 1. The van der Waals surface area contributed by atoms with Crippen LogP contribution in [-0.2, 0) is 11.3 Å². The van der Waals surface area contributed by atoms with Crippen molar-refractivity contribution < 1.29 is 19.2 Å². The molecule has 0 N–H and O–H groups in total. The molecule has 0 fully saturated rings. The zero-order chi connectivity index (χ0) is 26.5. The quantitative estimate of drug-likeness (QED) is 0.0822. The van der Waals surface area contributed by atoms with Crippen LogP contribution in [0.2, 0.25) is 0 Å². The van der Waals surface area contributed by atoms with Crippen LogP contribution in [0.3, 0.4) is 0 Å². The molecule has 0 saturated heterocycles. The fourth-order valence-corrected chi connectivity index (χ4v) is 4.03. The summed E-state index contributed by atoms with van der Waals surface area (Å²) in [5.74, 6) is -0.0857. The molecule has 1 heterocycles. The van der Waals surface area contributed by atoms with Crippen molar-refractivity contribution in [3.8, 4) is 11.5 Å². The van der Waals surface area contributed by atoms with Gasteiger partial charge in [0.2, 0.25) is 5.75 Å². The molecule has 1 aromatic heterocycles. The number of nitro groups is 1. The minimum absolute atomic E-state index is 0.115. The fraction of sp³-hybridized carbons (Fsp3) is 0.500. The molecule has 8 heteroatoms. The molecule has 0 atom stereocenters. The number of carbonyl (C=O) groups excluding carboxylic acids is 1. The lowest BCUT2D eigenvalue weighted by atomic mass is 10.1. The molecule has 0 spiro atoms. The predicted molar refractivity (Wildman–Crippen MR) is 143 cm³/mol. The Hall–Kier alpha value is -3.42. The maximum Gasteiger partial charge on any atom is 0.298 e. The van der Waals surface area contributed by atoms with Crippen molar-refractivity contribution in [2.75, 3.05) is 6.61 Å². The number of benzene rings is 1. The van der Waals surface area contributed by atoms with Crippen LogP contribution in [0.4, 0.5) is 5.69 Å². The van der Waals surface area contributed by atoms with Gasteiger partial charge in [-0.2, -0.15) is 0 Å². The normalized spacial score (nSPS) is 11.4. The van der Waals surface area contributed by atoms with Crippen molar-refractivity contribution in [2.45, 2.75) is 85.6 Å². The third kappa shape index (κ3) is 8.36. The van der Waals surface area contributed by atoms with Gasteiger partial charge in [0.1, 0.15) is 6.61 Å². The van der Waals surface area contributed by atoms with Gasteiger partial charge in [-0.25, -0.2) is 0 Å². The Labute approximate surface area is 212 Å². The van der Waals surface area contributed by atoms with Gasteiger partial charge in [0.15, 0.2) is 5.75 Å². The molecule has 0 aliphatic rings. The van der Waals surface area contributed by atoms with E-state index in [1.807, 2.05) is 13.0 Å². The van der Waals surface area contributed by atoms with Crippen molar-refractivity contribution >= 4 is 23.1 Å². The van der Waals surface area contributed by atoms with Crippen molar-refractivity contribution in [3.05, 3.63) is 62.0 Å². The lowest BCUT2D eigenvalue weighted by Crippen LogP contribution is -2.24. The van der Waals surface area contributed by atoms with Crippen molar-refractivity contribution in [1.82, 2.24) is 4.57 Å². The number of aryl methyl sites for hydroxylation is 1. The number of non-ortho nitro benzene ring substituents is 1. The number of hydrogen-bond donors (Lipinski definition) is 0. The van der Waals surface area contributed by atoms with Crippen LogP contribution in [0.1, 0.15) is 79.1 Å². The monoisotopic (exact) mass is 498 g/mol. The second-order valence-electron chi connectivity index (χ2n) is 9.24. The van der Waals surface area contributed by atoms with E-state index in [1.54, 1.807) is 6.07 Å². The summed E-state index contributed by atoms with van der Waals surface area (Å²) in [5.41, 5.74) is 2.12. The summed E-state index contributed by atoms with van der Waals surface area (Å²) in [4.78, 5) is 35.5. The SMILES string of the molecule is CCCCCCCCn1c(=O)c(OC=O)c(OC/C=C(\C)CCC=C(C)C)c2ccc([N+](=O)[O-])cc21. The smallest absolute Gasteiger partial charge is 0.298 e. The van der Waals surface area contributed by atoms with Crippen LogP contribution < -0.4 is 15.0 Å². The number of nitrogens with zero attached hydrogens (tertiary/aromatic N) is 2. The third-order valence-corrected chi connectivity index (χ3v) is 6.03. The van der Waals surface area contributed by atoms with Crippen LogP contribution in [0.25, 0.3) is 10.9 Å². The van der Waals surface area contributed by atoms with Crippen LogP contribution >= 0.6 is 0 Å². The molecule has 8 nitrogen and oxygen atoms in total. The average molecular weight is 499 g/mol. The molecule has 0 aliphatic heterocycles. The highest BCUT2D eigenvalue weighted by molar-refractivity contribution is 5.90. The van der Waals surface area contributed by atoms with E-state index in [4.69, 9.17) is 9.47 Å². The molecule has 0 unspecified atom stereocenters. The molecule has 0 aliphatic carbocycles. The van der Waals surface area contributed by atoms with Crippen LogP contribution in [-0.4, -0.2) is 22.6 Å². The Morgan fingerprint density at radius 2 is 1.78 bits per heavy atom. The number of rotatable bonds is 16. The minimum atomic E-state index is -0.539. The van der Waals surface area contributed by atoms with Gasteiger partial charge in [0.25, 0.3) is 17.7 Å². The highest BCUT2D eigenvalue weighted by atomic mass is 16.6. The molecule has 1 aromatic carbocycles. The lowest BCUT2D eigenvalue weighted by Gasteiger charge is -2.17. The maximum atomic E-state index is 13.4. The molecule has 196 valence electrons. The number of nitro benzene ring substituents is 1. The number of unbranched alkanes of at least 4 members (excludes halogenated alkanes) is 5. The first-order valence-electron chi connectivity index (χ1n) is 12.7. The number of ether oxygens (including phenoxy) is 2.